The number of benzene rings is 2. The summed E-state index contributed by atoms with van der Waals surface area (Å²) in [4.78, 5) is 0. The second-order valence-corrected chi connectivity index (χ2v) is 6.20. The Morgan fingerprint density at radius 2 is 1.76 bits per heavy atom. The number of aromatic nitrogens is 2. The molecule has 0 bridgehead atoms. The van der Waals surface area contributed by atoms with E-state index in [4.69, 9.17) is 9.47 Å². The molecule has 1 aliphatic carbocycles. The van der Waals surface area contributed by atoms with Crippen LogP contribution in [0.5, 0.6) is 11.5 Å². The number of rotatable bonds is 5. The van der Waals surface area contributed by atoms with Crippen LogP contribution in [0.25, 0.3) is 22.0 Å². The van der Waals surface area contributed by atoms with E-state index in [2.05, 4.69) is 52.8 Å². The van der Waals surface area contributed by atoms with E-state index in [1.165, 1.54) is 11.1 Å². The number of ether oxygens (including phenoxy) is 2. The van der Waals surface area contributed by atoms with E-state index in [0.29, 0.717) is 0 Å². The Morgan fingerprint density at radius 3 is 2.52 bits per heavy atom. The summed E-state index contributed by atoms with van der Waals surface area (Å²) in [5, 5.41) is 12.2. The number of hydrogen-bond acceptors (Lipinski definition) is 3. The van der Waals surface area contributed by atoms with Crippen LogP contribution in [0.15, 0.2) is 42.5 Å². The zero-order valence-corrected chi connectivity index (χ0v) is 14.6. The average molecular weight is 335 g/mol. The van der Waals surface area contributed by atoms with Gasteiger partial charge in [-0.2, -0.15) is 0 Å². The first-order valence-electron chi connectivity index (χ1n) is 8.24. The minimum absolute atomic E-state index is 0.728. The molecule has 0 spiro atoms. The van der Waals surface area contributed by atoms with Gasteiger partial charge in [-0.3, -0.25) is 10.2 Å². The third-order valence-corrected chi connectivity index (χ3v) is 4.53. The summed E-state index contributed by atoms with van der Waals surface area (Å²) in [6.07, 6.45) is 0. The standard InChI is InChI=1S/C20H21N3O2/c1-12-5-4-6-13(7-12)11-21-20-16-8-14-9-17(24-2)18(25-3)10-15(14)19(16)22-23-20/h4-10,21-23H,11H2,1-3H3. The van der Waals surface area contributed by atoms with Crippen molar-refractivity contribution in [3.05, 3.63) is 53.6 Å². The first-order valence-corrected chi connectivity index (χ1v) is 8.24. The lowest BCUT2D eigenvalue weighted by molar-refractivity contribution is 0.356. The molecule has 0 saturated carbocycles. The maximum Gasteiger partial charge on any atom is 0.161 e. The second kappa shape index (κ2) is 6.09. The van der Waals surface area contributed by atoms with Crippen LogP contribution in [0.2, 0.25) is 0 Å². The number of hydrogen-bond donors (Lipinski definition) is 3. The summed E-state index contributed by atoms with van der Waals surface area (Å²) in [7, 11) is 3.31. The normalized spacial score (nSPS) is 11.2. The van der Waals surface area contributed by atoms with Gasteiger partial charge in [0.15, 0.2) is 11.5 Å². The molecule has 1 aliphatic heterocycles. The molecule has 0 aromatic heterocycles. The Kier molecular flexibility index (Phi) is 3.76. The molecule has 0 fully saturated rings. The molecule has 5 nitrogen and oxygen atoms in total. The number of methoxy groups -OCH3 is 2. The SMILES string of the molecule is COc1cc2cc3c(NCc4cccc(C)c4)[nH][nH]c-3c2cc1OC. The van der Waals surface area contributed by atoms with Crippen LogP contribution < -0.4 is 14.8 Å². The van der Waals surface area contributed by atoms with Crippen molar-refractivity contribution in [1.29, 1.82) is 0 Å². The highest BCUT2D eigenvalue weighted by Gasteiger charge is 2.19. The Hall–Kier alpha value is -3.08. The molecule has 0 amide bonds. The third kappa shape index (κ3) is 2.67. The molecule has 25 heavy (non-hydrogen) atoms. The van der Waals surface area contributed by atoms with Gasteiger partial charge in [-0.15, -0.1) is 0 Å². The van der Waals surface area contributed by atoms with E-state index in [1.807, 2.05) is 12.1 Å². The lowest BCUT2D eigenvalue weighted by atomic mass is 10.1. The van der Waals surface area contributed by atoms with Crippen LogP contribution in [-0.2, 0) is 6.54 Å². The van der Waals surface area contributed by atoms with Crippen molar-refractivity contribution in [3.63, 3.8) is 0 Å². The van der Waals surface area contributed by atoms with Gasteiger partial charge in [-0.1, -0.05) is 29.8 Å². The van der Waals surface area contributed by atoms with Gasteiger partial charge in [0, 0.05) is 17.5 Å². The van der Waals surface area contributed by atoms with Crippen molar-refractivity contribution in [2.24, 2.45) is 0 Å². The van der Waals surface area contributed by atoms with Crippen molar-refractivity contribution in [3.8, 4) is 22.8 Å². The van der Waals surface area contributed by atoms with E-state index in [1.54, 1.807) is 14.2 Å². The number of nitrogens with one attached hydrogen (secondary N) is 3. The molecule has 2 aromatic rings. The Labute approximate surface area is 146 Å². The molecule has 128 valence electrons. The lowest BCUT2D eigenvalue weighted by Gasteiger charge is -2.07. The van der Waals surface area contributed by atoms with Crippen LogP contribution in [0.1, 0.15) is 11.1 Å². The molecule has 3 N–H and O–H groups in total. The number of aryl methyl sites for hydroxylation is 1. The van der Waals surface area contributed by atoms with Crippen LogP contribution in [0.4, 0.5) is 5.82 Å². The molecule has 1 heterocycles. The molecule has 4 rings (SSSR count). The fourth-order valence-electron chi connectivity index (χ4n) is 3.28. The van der Waals surface area contributed by atoms with E-state index < -0.39 is 0 Å². The summed E-state index contributed by atoms with van der Waals surface area (Å²) >= 11 is 0. The maximum atomic E-state index is 5.42. The topological polar surface area (TPSA) is 62.1 Å². The Morgan fingerprint density at radius 1 is 0.960 bits per heavy atom. The van der Waals surface area contributed by atoms with Crippen molar-refractivity contribution in [2.75, 3.05) is 19.5 Å². The third-order valence-electron chi connectivity index (χ3n) is 4.53. The predicted molar refractivity (Wildman–Crippen MR) is 101 cm³/mol. The number of H-pyrrole nitrogens is 2. The second-order valence-electron chi connectivity index (χ2n) is 6.20. The monoisotopic (exact) mass is 335 g/mol. The zero-order chi connectivity index (χ0) is 17.4. The minimum Gasteiger partial charge on any atom is -0.493 e. The van der Waals surface area contributed by atoms with Gasteiger partial charge in [0.25, 0.3) is 0 Å². The number of fused-ring (bicyclic) bond motifs is 3. The fraction of sp³-hybridized carbons (Fsp3) is 0.200. The molecule has 0 atom stereocenters. The van der Waals surface area contributed by atoms with E-state index >= 15 is 0 Å². The van der Waals surface area contributed by atoms with E-state index in [-0.39, 0.29) is 0 Å². The highest BCUT2D eigenvalue weighted by molar-refractivity contribution is 6.05. The number of aromatic amines is 2. The number of anilines is 1. The first kappa shape index (κ1) is 15.4. The highest BCUT2D eigenvalue weighted by Crippen LogP contribution is 2.42. The summed E-state index contributed by atoms with van der Waals surface area (Å²) in [5.41, 5.74) is 4.70. The van der Waals surface area contributed by atoms with Gasteiger partial charge >= 0.3 is 0 Å². The highest BCUT2D eigenvalue weighted by atomic mass is 16.5. The van der Waals surface area contributed by atoms with E-state index in [0.717, 1.165) is 45.9 Å². The van der Waals surface area contributed by atoms with Gasteiger partial charge in [0.2, 0.25) is 0 Å². The molecular formula is C20H21N3O2. The lowest BCUT2D eigenvalue weighted by Crippen LogP contribution is -2.00. The smallest absolute Gasteiger partial charge is 0.161 e. The van der Waals surface area contributed by atoms with Crippen molar-refractivity contribution in [1.82, 2.24) is 10.2 Å². The fourth-order valence-corrected chi connectivity index (χ4v) is 3.28. The van der Waals surface area contributed by atoms with Gasteiger partial charge in [-0.25, -0.2) is 0 Å². The molecule has 0 radical (unpaired) electrons. The molecule has 0 saturated heterocycles. The summed E-state index contributed by atoms with van der Waals surface area (Å²) in [6.45, 7) is 2.87. The van der Waals surface area contributed by atoms with Crippen molar-refractivity contribution >= 4 is 16.6 Å². The van der Waals surface area contributed by atoms with Crippen LogP contribution >= 0.6 is 0 Å². The average Bonchev–Trinajstić information content (AvgIpc) is 3.17. The van der Waals surface area contributed by atoms with Gasteiger partial charge in [0.1, 0.15) is 5.82 Å². The van der Waals surface area contributed by atoms with Gasteiger partial charge in [-0.05, 0) is 36.1 Å². The summed E-state index contributed by atoms with van der Waals surface area (Å²) in [6, 6.07) is 14.7. The van der Waals surface area contributed by atoms with Crippen LogP contribution in [0.3, 0.4) is 0 Å². The summed E-state index contributed by atoms with van der Waals surface area (Å²) < 4.78 is 10.8. The molecule has 5 heteroatoms. The molecule has 2 aliphatic rings. The van der Waals surface area contributed by atoms with Crippen molar-refractivity contribution in [2.45, 2.75) is 13.5 Å². The predicted octanol–water partition coefficient (Wildman–Crippen LogP) is 4.54. The molecule has 0 unspecified atom stereocenters. The maximum absolute atomic E-state index is 5.42. The Balaban J connectivity index is 1.67. The van der Waals surface area contributed by atoms with Crippen LogP contribution in [-0.4, -0.2) is 24.4 Å². The summed E-state index contributed by atoms with van der Waals surface area (Å²) in [5.74, 6) is 2.44. The van der Waals surface area contributed by atoms with Gasteiger partial charge in [0.05, 0.1) is 19.9 Å². The molecular weight excluding hydrogens is 314 g/mol. The Bertz CT molecular complexity index is 1000. The van der Waals surface area contributed by atoms with Crippen molar-refractivity contribution < 1.29 is 9.47 Å². The zero-order valence-electron chi connectivity index (χ0n) is 14.6. The van der Waals surface area contributed by atoms with Gasteiger partial charge < -0.3 is 14.8 Å². The van der Waals surface area contributed by atoms with E-state index in [9.17, 15) is 0 Å². The quantitative estimate of drug-likeness (QED) is 0.502. The largest absolute Gasteiger partial charge is 0.493 e. The van der Waals surface area contributed by atoms with Crippen LogP contribution in [0, 0.1) is 6.92 Å². The minimum atomic E-state index is 0.728. The molecule has 2 aromatic carbocycles. The first-order chi connectivity index (χ1) is 12.2.